The van der Waals surface area contributed by atoms with Gasteiger partial charge in [-0.2, -0.15) is 0 Å². The molecule has 6 nitrogen and oxygen atoms in total. The molecule has 0 radical (unpaired) electrons. The first-order valence-corrected chi connectivity index (χ1v) is 5.69. The smallest absolute Gasteiger partial charge is 0.254 e. The lowest BCUT2D eigenvalue weighted by atomic mass is 10.3. The predicted octanol–water partition coefficient (Wildman–Crippen LogP) is -0.461. The maximum atomic E-state index is 11.7. The van der Waals surface area contributed by atoms with Crippen molar-refractivity contribution in [2.24, 2.45) is 0 Å². The minimum Gasteiger partial charge on any atom is -0.379 e. The molecule has 17 heavy (non-hydrogen) atoms. The van der Waals surface area contributed by atoms with E-state index in [1.807, 2.05) is 0 Å². The number of nitrogens with zero attached hydrogens (tertiary/aromatic N) is 3. The van der Waals surface area contributed by atoms with Crippen molar-refractivity contribution in [1.29, 1.82) is 0 Å². The fourth-order valence-electron chi connectivity index (χ4n) is 1.67. The van der Waals surface area contributed by atoms with Crippen molar-refractivity contribution >= 4 is 5.91 Å². The molecule has 92 valence electrons. The Hall–Kier alpha value is -1.53. The molecule has 1 aliphatic rings. The van der Waals surface area contributed by atoms with Crippen LogP contribution in [-0.2, 0) is 4.74 Å². The van der Waals surface area contributed by atoms with E-state index in [4.69, 9.17) is 4.74 Å². The molecule has 1 N–H and O–H groups in total. The standard InChI is InChI=1S/C11H16N4O2/c16-11(10-7-12-9-13-8-10)14-1-2-15-3-5-17-6-4-15/h7-9H,1-6H2,(H,14,16). The fourth-order valence-corrected chi connectivity index (χ4v) is 1.67. The highest BCUT2D eigenvalue weighted by Crippen LogP contribution is 1.96. The molecule has 1 aromatic heterocycles. The molecule has 1 amide bonds. The Kier molecular flexibility index (Phi) is 4.40. The van der Waals surface area contributed by atoms with Gasteiger partial charge in [0.15, 0.2) is 0 Å². The van der Waals surface area contributed by atoms with Crippen molar-refractivity contribution in [2.45, 2.75) is 0 Å². The second kappa shape index (κ2) is 6.27. The molecule has 1 saturated heterocycles. The highest BCUT2D eigenvalue weighted by atomic mass is 16.5. The summed E-state index contributed by atoms with van der Waals surface area (Å²) in [7, 11) is 0. The van der Waals surface area contributed by atoms with Crippen molar-refractivity contribution < 1.29 is 9.53 Å². The number of hydrogen-bond donors (Lipinski definition) is 1. The Morgan fingerprint density at radius 2 is 2.06 bits per heavy atom. The van der Waals surface area contributed by atoms with Crippen molar-refractivity contribution in [3.63, 3.8) is 0 Å². The number of hydrogen-bond acceptors (Lipinski definition) is 5. The van der Waals surface area contributed by atoms with Crippen LogP contribution in [-0.4, -0.2) is 60.2 Å². The average Bonchev–Trinajstić information content (AvgIpc) is 2.41. The number of aromatic nitrogens is 2. The second-order valence-corrected chi connectivity index (χ2v) is 3.84. The molecular weight excluding hydrogens is 220 g/mol. The molecule has 0 saturated carbocycles. The van der Waals surface area contributed by atoms with Crippen molar-refractivity contribution in [1.82, 2.24) is 20.2 Å². The molecule has 0 aromatic carbocycles. The molecule has 1 aromatic rings. The monoisotopic (exact) mass is 236 g/mol. The first-order chi connectivity index (χ1) is 8.36. The lowest BCUT2D eigenvalue weighted by Crippen LogP contribution is -2.41. The predicted molar refractivity (Wildman–Crippen MR) is 61.6 cm³/mol. The highest BCUT2D eigenvalue weighted by molar-refractivity contribution is 5.93. The van der Waals surface area contributed by atoms with Crippen LogP contribution in [0.2, 0.25) is 0 Å². The molecule has 2 rings (SSSR count). The molecule has 0 aliphatic carbocycles. The fraction of sp³-hybridized carbons (Fsp3) is 0.545. The van der Waals surface area contributed by atoms with Gasteiger partial charge in [-0.25, -0.2) is 9.97 Å². The van der Waals surface area contributed by atoms with E-state index in [9.17, 15) is 4.79 Å². The Labute approximate surface area is 100 Å². The zero-order chi connectivity index (χ0) is 11.9. The number of ether oxygens (including phenoxy) is 1. The summed E-state index contributed by atoms with van der Waals surface area (Å²) in [5, 5.41) is 2.84. The summed E-state index contributed by atoms with van der Waals surface area (Å²) in [6.45, 7) is 4.91. The topological polar surface area (TPSA) is 67.4 Å². The summed E-state index contributed by atoms with van der Waals surface area (Å²) >= 11 is 0. The van der Waals surface area contributed by atoms with Gasteiger partial charge in [0.05, 0.1) is 18.8 Å². The van der Waals surface area contributed by atoms with Crippen LogP contribution in [0.1, 0.15) is 10.4 Å². The molecule has 6 heteroatoms. The summed E-state index contributed by atoms with van der Waals surface area (Å²) < 4.78 is 5.25. The largest absolute Gasteiger partial charge is 0.379 e. The van der Waals surface area contributed by atoms with Crippen LogP contribution in [0.5, 0.6) is 0 Å². The Morgan fingerprint density at radius 1 is 1.35 bits per heavy atom. The van der Waals surface area contributed by atoms with E-state index in [0.717, 1.165) is 32.8 Å². The number of carbonyl (C=O) groups is 1. The van der Waals surface area contributed by atoms with E-state index in [2.05, 4.69) is 20.2 Å². The second-order valence-electron chi connectivity index (χ2n) is 3.84. The van der Waals surface area contributed by atoms with Gasteiger partial charge in [-0.05, 0) is 0 Å². The van der Waals surface area contributed by atoms with E-state index in [-0.39, 0.29) is 5.91 Å². The highest BCUT2D eigenvalue weighted by Gasteiger charge is 2.10. The Bertz CT molecular complexity index is 352. The van der Waals surface area contributed by atoms with Crippen molar-refractivity contribution in [2.75, 3.05) is 39.4 Å². The number of carbonyl (C=O) groups excluding carboxylic acids is 1. The van der Waals surface area contributed by atoms with Crippen LogP contribution in [0.3, 0.4) is 0 Å². The summed E-state index contributed by atoms with van der Waals surface area (Å²) in [4.78, 5) is 21.5. The van der Waals surface area contributed by atoms with Crippen molar-refractivity contribution in [3.8, 4) is 0 Å². The van der Waals surface area contributed by atoms with Gasteiger partial charge in [-0.1, -0.05) is 0 Å². The number of rotatable bonds is 4. The lowest BCUT2D eigenvalue weighted by molar-refractivity contribution is 0.0383. The molecule has 2 heterocycles. The Morgan fingerprint density at radius 3 is 2.76 bits per heavy atom. The summed E-state index contributed by atoms with van der Waals surface area (Å²) in [6, 6.07) is 0. The Balaban J connectivity index is 1.69. The molecular formula is C11H16N4O2. The molecule has 0 atom stereocenters. The molecule has 0 spiro atoms. The maximum absolute atomic E-state index is 11.7. The first-order valence-electron chi connectivity index (χ1n) is 5.69. The first kappa shape index (κ1) is 11.9. The number of nitrogens with one attached hydrogen (secondary N) is 1. The summed E-state index contributed by atoms with van der Waals surface area (Å²) in [5.41, 5.74) is 0.495. The molecule has 1 aliphatic heterocycles. The van der Waals surface area contributed by atoms with E-state index in [0.29, 0.717) is 12.1 Å². The lowest BCUT2D eigenvalue weighted by Gasteiger charge is -2.26. The van der Waals surface area contributed by atoms with Gasteiger partial charge in [0.2, 0.25) is 0 Å². The number of morpholine rings is 1. The van der Waals surface area contributed by atoms with E-state index < -0.39 is 0 Å². The van der Waals surface area contributed by atoms with Gasteiger partial charge < -0.3 is 10.1 Å². The van der Waals surface area contributed by atoms with Crippen LogP contribution < -0.4 is 5.32 Å². The normalized spacial score (nSPS) is 16.7. The van der Waals surface area contributed by atoms with Gasteiger partial charge in [0, 0.05) is 38.6 Å². The van der Waals surface area contributed by atoms with E-state index >= 15 is 0 Å². The minimum absolute atomic E-state index is 0.126. The zero-order valence-corrected chi connectivity index (χ0v) is 9.63. The third kappa shape index (κ3) is 3.76. The average molecular weight is 236 g/mol. The van der Waals surface area contributed by atoms with Gasteiger partial charge in [0.25, 0.3) is 5.91 Å². The van der Waals surface area contributed by atoms with Gasteiger partial charge in [-0.15, -0.1) is 0 Å². The molecule has 1 fully saturated rings. The van der Waals surface area contributed by atoms with Crippen molar-refractivity contribution in [3.05, 3.63) is 24.3 Å². The van der Waals surface area contributed by atoms with Gasteiger partial charge in [0.1, 0.15) is 6.33 Å². The van der Waals surface area contributed by atoms with Gasteiger partial charge in [-0.3, -0.25) is 9.69 Å². The van der Waals surface area contributed by atoms with Crippen LogP contribution in [0.4, 0.5) is 0 Å². The third-order valence-corrected chi connectivity index (χ3v) is 2.64. The van der Waals surface area contributed by atoms with Crippen LogP contribution in [0.15, 0.2) is 18.7 Å². The summed E-state index contributed by atoms with van der Waals surface area (Å²) in [6.07, 6.45) is 4.43. The van der Waals surface area contributed by atoms with Gasteiger partial charge >= 0.3 is 0 Å². The molecule has 0 unspecified atom stereocenters. The summed E-state index contributed by atoms with van der Waals surface area (Å²) in [5.74, 6) is -0.126. The molecule has 0 bridgehead atoms. The van der Waals surface area contributed by atoms with Crippen LogP contribution >= 0.6 is 0 Å². The number of amides is 1. The third-order valence-electron chi connectivity index (χ3n) is 2.64. The minimum atomic E-state index is -0.126. The van der Waals surface area contributed by atoms with Crippen LogP contribution in [0, 0.1) is 0 Å². The van der Waals surface area contributed by atoms with E-state index in [1.165, 1.54) is 18.7 Å². The zero-order valence-electron chi connectivity index (χ0n) is 9.63. The maximum Gasteiger partial charge on any atom is 0.254 e. The van der Waals surface area contributed by atoms with E-state index in [1.54, 1.807) is 0 Å². The quantitative estimate of drug-likeness (QED) is 0.766. The SMILES string of the molecule is O=C(NCCN1CCOCC1)c1cncnc1. The van der Waals surface area contributed by atoms with Crippen LogP contribution in [0.25, 0.3) is 0 Å².